The first kappa shape index (κ1) is 14.4. The van der Waals surface area contributed by atoms with E-state index < -0.39 is 9.84 Å². The summed E-state index contributed by atoms with van der Waals surface area (Å²) in [5.74, 6) is 0.778. The zero-order chi connectivity index (χ0) is 14.6. The number of tetrazole rings is 1. The summed E-state index contributed by atoms with van der Waals surface area (Å²) in [7, 11) is -1.84. The number of aromatic nitrogens is 4. The Morgan fingerprint density at radius 1 is 1.25 bits per heavy atom. The highest BCUT2D eigenvalue weighted by molar-refractivity contribution is 7.91. The molecule has 1 aromatic heterocycles. The van der Waals surface area contributed by atoms with E-state index in [1.54, 1.807) is 26.2 Å². The molecule has 0 aliphatic heterocycles. The third-order valence-corrected chi connectivity index (χ3v) is 4.54. The van der Waals surface area contributed by atoms with E-state index in [1.165, 1.54) is 4.68 Å². The van der Waals surface area contributed by atoms with Crippen LogP contribution in [0.2, 0.25) is 0 Å². The molecule has 0 aliphatic rings. The summed E-state index contributed by atoms with van der Waals surface area (Å²) in [5, 5.41) is 10.7. The minimum absolute atomic E-state index is 0.0377. The third-order valence-electron chi connectivity index (χ3n) is 2.74. The van der Waals surface area contributed by atoms with E-state index in [-0.39, 0.29) is 10.9 Å². The lowest BCUT2D eigenvalue weighted by molar-refractivity contribution is 0.414. The van der Waals surface area contributed by atoms with Crippen LogP contribution in [-0.2, 0) is 16.4 Å². The predicted molar refractivity (Wildman–Crippen MR) is 72.3 cm³/mol. The van der Waals surface area contributed by atoms with Crippen molar-refractivity contribution in [3.05, 3.63) is 29.8 Å². The number of hydrogen-bond donors (Lipinski definition) is 0. The molecule has 0 fully saturated rings. The fourth-order valence-electron chi connectivity index (χ4n) is 1.78. The lowest BCUT2D eigenvalue weighted by Crippen LogP contribution is -2.15. The molecule has 1 heterocycles. The Morgan fingerprint density at radius 3 is 2.55 bits per heavy atom. The maximum absolute atomic E-state index is 12.0. The van der Waals surface area contributed by atoms with Gasteiger partial charge in [0.1, 0.15) is 5.75 Å². The number of ether oxygens (including phenoxy) is 1. The van der Waals surface area contributed by atoms with Gasteiger partial charge in [-0.05, 0) is 34.5 Å². The van der Waals surface area contributed by atoms with Crippen LogP contribution in [0.4, 0.5) is 0 Å². The lowest BCUT2D eigenvalue weighted by atomic mass is 10.2. The second-order valence-electron chi connectivity index (χ2n) is 4.29. The van der Waals surface area contributed by atoms with Crippen LogP contribution in [0, 0.1) is 0 Å². The first-order valence-electron chi connectivity index (χ1n) is 6.18. The Hall–Kier alpha value is -1.96. The molecule has 0 spiro atoms. The third kappa shape index (κ3) is 3.13. The van der Waals surface area contributed by atoms with Gasteiger partial charge in [0.25, 0.3) is 5.16 Å². The van der Waals surface area contributed by atoms with E-state index in [0.29, 0.717) is 13.0 Å². The van der Waals surface area contributed by atoms with Crippen molar-refractivity contribution in [1.82, 2.24) is 20.2 Å². The van der Waals surface area contributed by atoms with E-state index >= 15 is 0 Å². The maximum atomic E-state index is 12.0. The molecule has 2 rings (SSSR count). The number of nitrogens with zero attached hydrogens (tertiary/aromatic N) is 4. The molecule has 0 bridgehead atoms. The first-order valence-corrected chi connectivity index (χ1v) is 7.84. The van der Waals surface area contributed by atoms with E-state index in [1.807, 2.05) is 12.1 Å². The van der Waals surface area contributed by atoms with Crippen LogP contribution in [0.5, 0.6) is 5.75 Å². The Kier molecular flexibility index (Phi) is 4.33. The standard InChI is InChI=1S/C12H16N4O3S/c1-3-8-20(17,18)12-13-14-15-16(12)9-10-4-6-11(19-2)7-5-10/h4-7H,3,8-9H2,1-2H3. The molecule has 0 unspecified atom stereocenters. The Balaban J connectivity index is 2.24. The Morgan fingerprint density at radius 2 is 1.95 bits per heavy atom. The van der Waals surface area contributed by atoms with E-state index in [0.717, 1.165) is 11.3 Å². The van der Waals surface area contributed by atoms with E-state index in [9.17, 15) is 8.42 Å². The molecule has 8 heteroatoms. The molecule has 0 amide bonds. The molecule has 7 nitrogen and oxygen atoms in total. The highest BCUT2D eigenvalue weighted by atomic mass is 32.2. The van der Waals surface area contributed by atoms with Gasteiger partial charge in [-0.3, -0.25) is 0 Å². The lowest BCUT2D eigenvalue weighted by Gasteiger charge is -2.06. The molecule has 0 aliphatic carbocycles. The fraction of sp³-hybridized carbons (Fsp3) is 0.417. The average Bonchev–Trinajstić information content (AvgIpc) is 2.88. The largest absolute Gasteiger partial charge is 0.497 e. The number of hydrogen-bond acceptors (Lipinski definition) is 6. The quantitative estimate of drug-likeness (QED) is 0.787. The van der Waals surface area contributed by atoms with Crippen molar-refractivity contribution in [3.63, 3.8) is 0 Å². The smallest absolute Gasteiger partial charge is 0.268 e. The van der Waals surface area contributed by atoms with E-state index in [4.69, 9.17) is 4.74 Å². The number of rotatable bonds is 6. The van der Waals surface area contributed by atoms with Crippen molar-refractivity contribution >= 4 is 9.84 Å². The molecule has 1 aromatic carbocycles. The van der Waals surface area contributed by atoms with Crippen molar-refractivity contribution in [3.8, 4) is 5.75 Å². The fourth-order valence-corrected chi connectivity index (χ4v) is 3.09. The topological polar surface area (TPSA) is 87.0 Å². The van der Waals surface area contributed by atoms with Crippen LogP contribution in [0.1, 0.15) is 18.9 Å². The van der Waals surface area contributed by atoms with Gasteiger partial charge in [-0.25, -0.2) is 13.1 Å². The van der Waals surface area contributed by atoms with Gasteiger partial charge in [-0.2, -0.15) is 0 Å². The predicted octanol–water partition coefficient (Wildman–Crippen LogP) is 0.914. The summed E-state index contributed by atoms with van der Waals surface area (Å²) in [4.78, 5) is 0. The minimum atomic E-state index is -3.43. The number of methoxy groups -OCH3 is 1. The molecule has 0 saturated heterocycles. The van der Waals surface area contributed by atoms with E-state index in [2.05, 4.69) is 15.5 Å². The minimum Gasteiger partial charge on any atom is -0.497 e. The second kappa shape index (κ2) is 6.00. The van der Waals surface area contributed by atoms with Gasteiger partial charge >= 0.3 is 0 Å². The molecule has 2 aromatic rings. The first-order chi connectivity index (χ1) is 9.56. The summed E-state index contributed by atoms with van der Waals surface area (Å²) in [5.41, 5.74) is 0.894. The normalized spacial score (nSPS) is 11.5. The Bertz CT molecular complexity index is 664. The molecule has 0 radical (unpaired) electrons. The molecule has 20 heavy (non-hydrogen) atoms. The van der Waals surface area contributed by atoms with Crippen molar-refractivity contribution < 1.29 is 13.2 Å². The van der Waals surface area contributed by atoms with Gasteiger partial charge in [-0.15, -0.1) is 0 Å². The van der Waals surface area contributed by atoms with Crippen LogP contribution in [0.25, 0.3) is 0 Å². The van der Waals surface area contributed by atoms with Crippen LogP contribution in [0.3, 0.4) is 0 Å². The molecule has 0 N–H and O–H groups in total. The van der Waals surface area contributed by atoms with Gasteiger partial charge in [0.15, 0.2) is 0 Å². The molecule has 0 atom stereocenters. The van der Waals surface area contributed by atoms with Gasteiger partial charge in [0.2, 0.25) is 9.84 Å². The molecular weight excluding hydrogens is 280 g/mol. The van der Waals surface area contributed by atoms with Crippen LogP contribution in [-0.4, -0.2) is 41.5 Å². The monoisotopic (exact) mass is 296 g/mol. The van der Waals surface area contributed by atoms with Crippen molar-refractivity contribution in [2.45, 2.75) is 25.0 Å². The summed E-state index contributed by atoms with van der Waals surface area (Å²) >= 11 is 0. The summed E-state index contributed by atoms with van der Waals surface area (Å²) in [6, 6.07) is 7.30. The molecule has 108 valence electrons. The van der Waals surface area contributed by atoms with Crippen LogP contribution >= 0.6 is 0 Å². The summed E-state index contributed by atoms with van der Waals surface area (Å²) in [6.45, 7) is 2.10. The van der Waals surface area contributed by atoms with Gasteiger partial charge < -0.3 is 4.74 Å². The highest BCUT2D eigenvalue weighted by Crippen LogP contribution is 2.14. The van der Waals surface area contributed by atoms with Crippen LogP contribution < -0.4 is 4.74 Å². The SMILES string of the molecule is CCCS(=O)(=O)c1nnnn1Cc1ccc(OC)cc1. The van der Waals surface area contributed by atoms with Crippen molar-refractivity contribution in [2.75, 3.05) is 12.9 Å². The van der Waals surface area contributed by atoms with Crippen molar-refractivity contribution in [1.29, 1.82) is 0 Å². The van der Waals surface area contributed by atoms with Crippen LogP contribution in [0.15, 0.2) is 29.4 Å². The number of sulfone groups is 1. The Labute approximate surface area is 117 Å². The number of benzene rings is 1. The maximum Gasteiger partial charge on any atom is 0.268 e. The zero-order valence-electron chi connectivity index (χ0n) is 11.4. The zero-order valence-corrected chi connectivity index (χ0v) is 12.2. The average molecular weight is 296 g/mol. The summed E-state index contributed by atoms with van der Waals surface area (Å²) in [6.07, 6.45) is 0.526. The molecule has 0 saturated carbocycles. The molecular formula is C12H16N4O3S. The van der Waals surface area contributed by atoms with Crippen molar-refractivity contribution in [2.24, 2.45) is 0 Å². The summed E-state index contributed by atoms with van der Waals surface area (Å²) < 4.78 is 30.4. The highest BCUT2D eigenvalue weighted by Gasteiger charge is 2.21. The van der Waals surface area contributed by atoms with Gasteiger partial charge in [-0.1, -0.05) is 24.2 Å². The second-order valence-corrected chi connectivity index (χ2v) is 6.29. The van der Waals surface area contributed by atoms with Gasteiger partial charge in [0.05, 0.1) is 19.4 Å². The van der Waals surface area contributed by atoms with Gasteiger partial charge in [0, 0.05) is 0 Å².